The van der Waals surface area contributed by atoms with Gasteiger partial charge >= 0.3 is 12.2 Å². The van der Waals surface area contributed by atoms with Crippen molar-refractivity contribution in [3.63, 3.8) is 0 Å². The average Bonchev–Trinajstić information content (AvgIpc) is 3.55. The molecule has 3 aromatic heterocycles. The van der Waals surface area contributed by atoms with E-state index in [2.05, 4.69) is 35.4 Å². The summed E-state index contributed by atoms with van der Waals surface area (Å²) >= 11 is 0. The zero-order valence-corrected chi connectivity index (χ0v) is 22.1. The van der Waals surface area contributed by atoms with Crippen LogP contribution in [0.4, 0.5) is 23.8 Å². The number of anilines is 1. The van der Waals surface area contributed by atoms with E-state index in [0.29, 0.717) is 0 Å². The first kappa shape index (κ1) is 27.6. The van der Waals surface area contributed by atoms with Gasteiger partial charge in [0.15, 0.2) is 23.8 Å². The summed E-state index contributed by atoms with van der Waals surface area (Å²) in [5, 5.41) is 6.31. The highest BCUT2D eigenvalue weighted by Crippen LogP contribution is 2.33. The summed E-state index contributed by atoms with van der Waals surface area (Å²) in [7, 11) is 1.48. The summed E-state index contributed by atoms with van der Waals surface area (Å²) in [6.07, 6.45) is -0.440. The molecule has 3 aromatic rings. The van der Waals surface area contributed by atoms with E-state index in [1.165, 1.54) is 55.6 Å². The minimum atomic E-state index is -4.60. The number of amides is 4. The largest absolute Gasteiger partial charge is 0.418 e. The number of likely N-dealkylation sites (N-methyl/N-ethyl adjacent to an activating group) is 1. The van der Waals surface area contributed by atoms with Gasteiger partial charge in [0.1, 0.15) is 6.04 Å². The number of alkyl halides is 3. The lowest BCUT2D eigenvalue weighted by Crippen LogP contribution is -2.66. The van der Waals surface area contributed by atoms with E-state index < -0.39 is 47.8 Å². The molecule has 0 aliphatic carbocycles. The first-order valence-electron chi connectivity index (χ1n) is 12.2. The number of carbonyl (C=O) groups is 3. The molecule has 0 saturated carbocycles. The Labute approximate surface area is 230 Å². The van der Waals surface area contributed by atoms with Crippen molar-refractivity contribution in [2.75, 3.05) is 12.4 Å². The Balaban J connectivity index is 1.33. The van der Waals surface area contributed by atoms with E-state index in [1.807, 2.05) is 0 Å². The van der Waals surface area contributed by atoms with E-state index in [9.17, 15) is 27.6 Å². The fourth-order valence-electron chi connectivity index (χ4n) is 4.50. The van der Waals surface area contributed by atoms with Crippen LogP contribution in [0, 0.1) is 13.8 Å². The normalized spacial score (nSPS) is 19.5. The predicted octanol–water partition coefficient (Wildman–Crippen LogP) is 2.02. The molecule has 2 aliphatic heterocycles. The van der Waals surface area contributed by atoms with Gasteiger partial charge in [-0.2, -0.15) is 18.2 Å². The van der Waals surface area contributed by atoms with Crippen molar-refractivity contribution in [2.24, 2.45) is 4.99 Å². The monoisotopic (exact) mass is 572 g/mol. The zero-order valence-electron chi connectivity index (χ0n) is 22.1. The molecule has 1 saturated heterocycles. The Morgan fingerprint density at radius 1 is 1.17 bits per heavy atom. The standard InChI is InChI=1S/C24H23F3N10O4/c1-11-15(24(25,26)27)5-14(6-29-11)16-7-28-8-17(32-16)33-21(38)12(2)37-10-30-20-19(37)22(39)36(23(40)35(20)4)9-18-31-13(3)41-34-18/h5-8,10,12,19-20H,9H2,1-4H3,(H,32,33,38)/t12-,19?,20?/m0/s1. The number of urea groups is 1. The minimum absolute atomic E-state index is 0.0301. The predicted molar refractivity (Wildman–Crippen MR) is 134 cm³/mol. The second-order valence-corrected chi connectivity index (χ2v) is 9.43. The number of hydrogen-bond acceptors (Lipinski definition) is 11. The Kier molecular flexibility index (Phi) is 6.88. The first-order valence-corrected chi connectivity index (χ1v) is 12.2. The molecule has 3 atom stereocenters. The number of carbonyl (C=O) groups excluding carboxylic acids is 3. The van der Waals surface area contributed by atoms with Gasteiger partial charge in [-0.15, -0.1) is 0 Å². The number of aliphatic imine (C=N–C) groups is 1. The summed E-state index contributed by atoms with van der Waals surface area (Å²) in [6.45, 7) is 4.11. The summed E-state index contributed by atoms with van der Waals surface area (Å²) in [4.78, 5) is 63.5. The lowest BCUT2D eigenvalue weighted by molar-refractivity contribution is -0.140. The second-order valence-electron chi connectivity index (χ2n) is 9.43. The molecule has 0 spiro atoms. The van der Waals surface area contributed by atoms with Crippen molar-refractivity contribution in [1.82, 2.24) is 39.8 Å². The number of aryl methyl sites for hydroxylation is 2. The Hall–Kier alpha value is -4.96. The number of aromatic nitrogens is 5. The van der Waals surface area contributed by atoms with Crippen LogP contribution in [0.1, 0.15) is 29.9 Å². The third-order valence-electron chi connectivity index (χ3n) is 6.67. The molecule has 2 aliphatic rings. The Bertz CT molecular complexity index is 1560. The summed E-state index contributed by atoms with van der Waals surface area (Å²) < 4.78 is 45.0. The molecule has 41 heavy (non-hydrogen) atoms. The van der Waals surface area contributed by atoms with E-state index in [-0.39, 0.29) is 41.0 Å². The van der Waals surface area contributed by atoms with Crippen LogP contribution in [0.2, 0.25) is 0 Å². The molecular formula is C24H23F3N10O4. The highest BCUT2D eigenvalue weighted by atomic mass is 19.4. The molecule has 214 valence electrons. The van der Waals surface area contributed by atoms with Crippen molar-refractivity contribution >= 4 is 30.0 Å². The number of pyridine rings is 1. The minimum Gasteiger partial charge on any atom is -0.340 e. The van der Waals surface area contributed by atoms with Crippen molar-refractivity contribution in [2.45, 2.75) is 51.7 Å². The third kappa shape index (κ3) is 5.17. The lowest BCUT2D eigenvalue weighted by atomic mass is 10.1. The quantitative estimate of drug-likeness (QED) is 0.462. The molecular weight excluding hydrogens is 549 g/mol. The molecule has 14 nitrogen and oxygen atoms in total. The molecule has 0 bridgehead atoms. The van der Waals surface area contributed by atoms with E-state index in [1.54, 1.807) is 6.92 Å². The topological polar surface area (TPSA) is 163 Å². The van der Waals surface area contributed by atoms with Crippen molar-refractivity contribution < 1.29 is 32.1 Å². The summed E-state index contributed by atoms with van der Waals surface area (Å²) in [5.74, 6) is -0.832. The first-order chi connectivity index (χ1) is 19.3. The van der Waals surface area contributed by atoms with Crippen LogP contribution in [0.15, 0.2) is 34.2 Å². The highest BCUT2D eigenvalue weighted by molar-refractivity contribution is 6.03. The van der Waals surface area contributed by atoms with Gasteiger partial charge in [0.05, 0.1) is 36.5 Å². The van der Waals surface area contributed by atoms with Gasteiger partial charge in [-0.05, 0) is 19.9 Å². The third-order valence-corrected chi connectivity index (χ3v) is 6.67. The maximum absolute atomic E-state index is 13.4. The second kappa shape index (κ2) is 10.2. The number of rotatable bonds is 6. The maximum Gasteiger partial charge on any atom is 0.418 e. The van der Waals surface area contributed by atoms with E-state index in [4.69, 9.17) is 4.52 Å². The van der Waals surface area contributed by atoms with Crippen molar-refractivity contribution in [1.29, 1.82) is 0 Å². The molecule has 5 rings (SSSR count). The van der Waals surface area contributed by atoms with Crippen LogP contribution in [0.5, 0.6) is 0 Å². The number of imide groups is 1. The number of hydrogen-bond donors (Lipinski definition) is 1. The van der Waals surface area contributed by atoms with Crippen molar-refractivity contribution in [3.05, 3.63) is 47.6 Å². The van der Waals surface area contributed by atoms with Crippen LogP contribution in [-0.2, 0) is 22.3 Å². The van der Waals surface area contributed by atoms with E-state index >= 15 is 0 Å². The van der Waals surface area contributed by atoms with Crippen LogP contribution >= 0.6 is 0 Å². The molecule has 1 fully saturated rings. The fraction of sp³-hybridized carbons (Fsp3) is 0.375. The van der Waals surface area contributed by atoms with Crippen LogP contribution < -0.4 is 5.32 Å². The maximum atomic E-state index is 13.4. The van der Waals surface area contributed by atoms with Gasteiger partial charge in [0, 0.05) is 31.4 Å². The number of nitrogens with one attached hydrogen (secondary N) is 1. The molecule has 0 radical (unpaired) electrons. The van der Waals surface area contributed by atoms with Crippen LogP contribution in [0.25, 0.3) is 11.3 Å². The van der Waals surface area contributed by atoms with Gasteiger partial charge in [-0.1, -0.05) is 5.16 Å². The molecule has 0 aromatic carbocycles. The van der Waals surface area contributed by atoms with E-state index in [0.717, 1.165) is 11.0 Å². The van der Waals surface area contributed by atoms with Gasteiger partial charge in [-0.25, -0.2) is 14.8 Å². The fourth-order valence-corrected chi connectivity index (χ4v) is 4.50. The average molecular weight is 573 g/mol. The molecule has 4 amide bonds. The van der Waals surface area contributed by atoms with Gasteiger partial charge in [-0.3, -0.25) is 24.5 Å². The Morgan fingerprint density at radius 3 is 2.61 bits per heavy atom. The highest BCUT2D eigenvalue weighted by Gasteiger charge is 2.51. The number of halogens is 3. The number of fused-ring (bicyclic) bond motifs is 1. The summed E-state index contributed by atoms with van der Waals surface area (Å²) in [6, 6.07) is -1.68. The molecule has 5 heterocycles. The molecule has 17 heteroatoms. The van der Waals surface area contributed by atoms with Crippen LogP contribution in [0.3, 0.4) is 0 Å². The van der Waals surface area contributed by atoms with Crippen LogP contribution in [-0.4, -0.2) is 89.3 Å². The smallest absolute Gasteiger partial charge is 0.340 e. The molecule has 2 unspecified atom stereocenters. The van der Waals surface area contributed by atoms with Crippen molar-refractivity contribution in [3.8, 4) is 11.3 Å². The lowest BCUT2D eigenvalue weighted by Gasteiger charge is -2.41. The van der Waals surface area contributed by atoms with Gasteiger partial charge in [0.25, 0.3) is 5.91 Å². The Morgan fingerprint density at radius 2 is 1.93 bits per heavy atom. The SMILES string of the molecule is Cc1nc(CN2C(=O)C3C(N=CN3[C@@H](C)C(=O)Nc3cncc(-c4cnc(C)c(C(F)(F)F)c4)n3)N(C)C2=O)no1. The van der Waals surface area contributed by atoms with Gasteiger partial charge in [0.2, 0.25) is 11.8 Å². The zero-order chi connectivity index (χ0) is 29.6. The number of nitrogens with zero attached hydrogens (tertiary/aromatic N) is 9. The van der Waals surface area contributed by atoms with Gasteiger partial charge < -0.3 is 19.6 Å². The molecule has 1 N–H and O–H groups in total. The summed E-state index contributed by atoms with van der Waals surface area (Å²) in [5.41, 5.74) is -0.974.